The molecule has 1 amide bonds. The molecule has 0 unspecified atom stereocenters. The van der Waals surface area contributed by atoms with Gasteiger partial charge in [0.15, 0.2) is 0 Å². The Morgan fingerprint density at radius 2 is 1.79 bits per heavy atom. The van der Waals surface area contributed by atoms with Crippen LogP contribution in [0.4, 0.5) is 5.82 Å². The molecule has 0 spiro atoms. The standard InChI is InChI=1S/C29H35N5O2S2/c1-4-6-10-13-34-28(36)25(38-29(34)37)18-23-21(3)24(19-30)27(35)33(5-2)26(23)32-16-14-31(15-17-32)20-22-11-8-7-9-12-22/h7-9,11-12,18H,4-6,10,13-17,20H2,1-3H3/b25-18+. The fourth-order valence-electron chi connectivity index (χ4n) is 5.08. The number of anilines is 1. The minimum absolute atomic E-state index is 0.0955. The Labute approximate surface area is 234 Å². The maximum absolute atomic E-state index is 13.3. The van der Waals surface area contributed by atoms with E-state index in [9.17, 15) is 14.9 Å². The zero-order chi connectivity index (χ0) is 27.2. The summed E-state index contributed by atoms with van der Waals surface area (Å²) in [5, 5.41) is 9.83. The first kappa shape index (κ1) is 28.1. The number of aromatic nitrogens is 1. The van der Waals surface area contributed by atoms with Crippen molar-refractivity contribution in [2.75, 3.05) is 37.6 Å². The van der Waals surface area contributed by atoms with Crippen molar-refractivity contribution in [1.29, 1.82) is 5.26 Å². The maximum atomic E-state index is 13.3. The molecular weight excluding hydrogens is 514 g/mol. The summed E-state index contributed by atoms with van der Waals surface area (Å²) >= 11 is 6.84. The molecule has 2 aliphatic heterocycles. The molecule has 7 nitrogen and oxygen atoms in total. The number of piperazine rings is 1. The number of pyridine rings is 1. The average molecular weight is 550 g/mol. The van der Waals surface area contributed by atoms with Gasteiger partial charge < -0.3 is 4.90 Å². The van der Waals surface area contributed by atoms with Gasteiger partial charge in [-0.05, 0) is 37.5 Å². The smallest absolute Gasteiger partial charge is 0.270 e. The van der Waals surface area contributed by atoms with E-state index in [0.717, 1.165) is 63.4 Å². The Kier molecular flexibility index (Phi) is 9.42. The second-order valence-electron chi connectivity index (χ2n) is 9.69. The van der Waals surface area contributed by atoms with E-state index in [2.05, 4.69) is 47.1 Å². The van der Waals surface area contributed by atoms with E-state index in [1.807, 2.05) is 26.0 Å². The monoisotopic (exact) mass is 549 g/mol. The van der Waals surface area contributed by atoms with Gasteiger partial charge in [0, 0.05) is 51.4 Å². The van der Waals surface area contributed by atoms with Crippen LogP contribution >= 0.6 is 24.0 Å². The summed E-state index contributed by atoms with van der Waals surface area (Å²) in [6, 6.07) is 12.5. The van der Waals surface area contributed by atoms with Crippen molar-refractivity contribution in [3.05, 3.63) is 67.8 Å². The molecule has 2 saturated heterocycles. The highest BCUT2D eigenvalue weighted by Crippen LogP contribution is 2.36. The fraction of sp³-hybridized carbons (Fsp3) is 0.448. The molecule has 2 aliphatic rings. The van der Waals surface area contributed by atoms with E-state index in [0.29, 0.717) is 27.9 Å². The Hall–Kier alpha value is -2.93. The second-order valence-corrected chi connectivity index (χ2v) is 11.4. The van der Waals surface area contributed by atoms with Crippen LogP contribution < -0.4 is 10.5 Å². The third-order valence-electron chi connectivity index (χ3n) is 7.22. The first-order valence-electron chi connectivity index (χ1n) is 13.3. The van der Waals surface area contributed by atoms with Gasteiger partial charge in [-0.1, -0.05) is 74.1 Å². The van der Waals surface area contributed by atoms with Crippen molar-refractivity contribution >= 4 is 46.1 Å². The predicted molar refractivity (Wildman–Crippen MR) is 159 cm³/mol. The van der Waals surface area contributed by atoms with Crippen molar-refractivity contribution in [2.24, 2.45) is 0 Å². The Bertz CT molecular complexity index is 1320. The SMILES string of the molecule is CCCCCN1C(=O)/C(=C\c2c(C)c(C#N)c(=O)n(CC)c2N2CCN(Cc3ccccc3)CC2)SC1=S. The number of benzene rings is 1. The largest absolute Gasteiger partial charge is 0.355 e. The summed E-state index contributed by atoms with van der Waals surface area (Å²) in [6.45, 7) is 11.0. The molecule has 200 valence electrons. The highest BCUT2D eigenvalue weighted by molar-refractivity contribution is 8.26. The molecular formula is C29H35N5O2S2. The minimum Gasteiger partial charge on any atom is -0.355 e. The van der Waals surface area contributed by atoms with E-state index >= 15 is 0 Å². The van der Waals surface area contributed by atoms with Crippen LogP contribution in [-0.4, -0.2) is 57.3 Å². The second kappa shape index (κ2) is 12.7. The van der Waals surface area contributed by atoms with E-state index in [-0.39, 0.29) is 17.0 Å². The van der Waals surface area contributed by atoms with Crippen molar-refractivity contribution in [2.45, 2.75) is 53.1 Å². The lowest BCUT2D eigenvalue weighted by atomic mass is 10.0. The number of nitriles is 1. The number of thioether (sulfide) groups is 1. The van der Waals surface area contributed by atoms with Gasteiger partial charge in [0.2, 0.25) is 0 Å². The molecule has 0 atom stereocenters. The first-order chi connectivity index (χ1) is 18.4. The van der Waals surface area contributed by atoms with Crippen molar-refractivity contribution in [3.8, 4) is 6.07 Å². The Balaban J connectivity index is 1.68. The average Bonchev–Trinajstić information content (AvgIpc) is 3.19. The highest BCUT2D eigenvalue weighted by atomic mass is 32.2. The van der Waals surface area contributed by atoms with Gasteiger partial charge >= 0.3 is 0 Å². The molecule has 38 heavy (non-hydrogen) atoms. The van der Waals surface area contributed by atoms with Crippen LogP contribution in [0.25, 0.3) is 6.08 Å². The number of carbonyl (C=O) groups is 1. The number of hydrogen-bond donors (Lipinski definition) is 0. The van der Waals surface area contributed by atoms with Gasteiger partial charge in [-0.3, -0.25) is 24.0 Å². The van der Waals surface area contributed by atoms with E-state index in [4.69, 9.17) is 12.2 Å². The summed E-state index contributed by atoms with van der Waals surface area (Å²) in [4.78, 5) is 33.5. The van der Waals surface area contributed by atoms with Gasteiger partial charge in [-0.25, -0.2) is 0 Å². The number of hydrogen-bond acceptors (Lipinski definition) is 7. The number of amides is 1. The molecule has 3 heterocycles. The first-order valence-corrected chi connectivity index (χ1v) is 14.6. The summed E-state index contributed by atoms with van der Waals surface area (Å²) in [5.41, 5.74) is 2.50. The highest BCUT2D eigenvalue weighted by Gasteiger charge is 2.33. The molecule has 1 aromatic heterocycles. The van der Waals surface area contributed by atoms with Crippen LogP contribution in [0.3, 0.4) is 0 Å². The lowest BCUT2D eigenvalue weighted by Gasteiger charge is -2.38. The normalized spacial score (nSPS) is 17.5. The third kappa shape index (κ3) is 5.88. The number of rotatable bonds is 9. The lowest BCUT2D eigenvalue weighted by Crippen LogP contribution is -2.48. The van der Waals surface area contributed by atoms with Crippen LogP contribution in [0.15, 0.2) is 40.0 Å². The number of thiocarbonyl (C=S) groups is 1. The summed E-state index contributed by atoms with van der Waals surface area (Å²) < 4.78 is 2.25. The molecule has 2 fully saturated rings. The molecule has 1 aromatic carbocycles. The lowest BCUT2D eigenvalue weighted by molar-refractivity contribution is -0.122. The summed E-state index contributed by atoms with van der Waals surface area (Å²) in [6.07, 6.45) is 4.88. The zero-order valence-electron chi connectivity index (χ0n) is 22.4. The molecule has 0 N–H and O–H groups in total. The quantitative estimate of drug-likeness (QED) is 0.254. The summed E-state index contributed by atoms with van der Waals surface area (Å²) in [5.74, 6) is 0.687. The fourth-order valence-corrected chi connectivity index (χ4v) is 6.37. The van der Waals surface area contributed by atoms with Crippen LogP contribution in [0.5, 0.6) is 0 Å². The van der Waals surface area contributed by atoms with E-state index in [1.165, 1.54) is 17.3 Å². The van der Waals surface area contributed by atoms with Crippen molar-refractivity contribution in [1.82, 2.24) is 14.4 Å². The molecule has 4 rings (SSSR count). The number of nitrogens with zero attached hydrogens (tertiary/aromatic N) is 5. The van der Waals surface area contributed by atoms with Crippen molar-refractivity contribution < 1.29 is 4.79 Å². The molecule has 2 aromatic rings. The van der Waals surface area contributed by atoms with Gasteiger partial charge in [0.1, 0.15) is 21.8 Å². The van der Waals surface area contributed by atoms with Crippen LogP contribution in [0.1, 0.15) is 55.4 Å². The molecule has 0 saturated carbocycles. The minimum atomic E-state index is -0.279. The maximum Gasteiger partial charge on any atom is 0.270 e. The molecule has 0 aliphatic carbocycles. The van der Waals surface area contributed by atoms with E-state index in [1.54, 1.807) is 9.47 Å². The van der Waals surface area contributed by atoms with Crippen LogP contribution in [0.2, 0.25) is 0 Å². The number of carbonyl (C=O) groups excluding carboxylic acids is 1. The van der Waals surface area contributed by atoms with Gasteiger partial charge in [-0.15, -0.1) is 0 Å². The third-order valence-corrected chi connectivity index (χ3v) is 8.60. The molecule has 9 heteroatoms. The topological polar surface area (TPSA) is 72.6 Å². The van der Waals surface area contributed by atoms with Gasteiger partial charge in [-0.2, -0.15) is 5.26 Å². The van der Waals surface area contributed by atoms with Gasteiger partial charge in [0.05, 0.1) is 4.91 Å². The number of unbranched alkanes of at least 4 members (excludes halogenated alkanes) is 2. The molecule has 0 radical (unpaired) electrons. The summed E-state index contributed by atoms with van der Waals surface area (Å²) in [7, 11) is 0. The van der Waals surface area contributed by atoms with Gasteiger partial charge in [0.25, 0.3) is 11.5 Å². The Morgan fingerprint density at radius 1 is 1.08 bits per heavy atom. The van der Waals surface area contributed by atoms with E-state index < -0.39 is 0 Å². The Morgan fingerprint density at radius 3 is 2.42 bits per heavy atom. The van der Waals surface area contributed by atoms with Crippen molar-refractivity contribution in [3.63, 3.8) is 0 Å². The van der Waals surface area contributed by atoms with Crippen LogP contribution in [0, 0.1) is 18.3 Å². The predicted octanol–water partition coefficient (Wildman–Crippen LogP) is 4.76. The molecule has 0 bridgehead atoms. The zero-order valence-corrected chi connectivity index (χ0v) is 24.0. The van der Waals surface area contributed by atoms with Crippen LogP contribution in [-0.2, 0) is 17.9 Å².